The van der Waals surface area contributed by atoms with Gasteiger partial charge in [0, 0.05) is 52.6 Å². The average molecular weight is 803 g/mol. The largest absolute Gasteiger partial charge is 0.459 e. The van der Waals surface area contributed by atoms with Crippen molar-refractivity contribution in [2.75, 3.05) is 13.7 Å². The maximum absolute atomic E-state index is 14.3. The van der Waals surface area contributed by atoms with Crippen LogP contribution in [0.15, 0.2) is 30.1 Å². The molecule has 310 valence electrons. The van der Waals surface area contributed by atoms with Crippen LogP contribution in [0.3, 0.4) is 0 Å². The third kappa shape index (κ3) is 6.25. The van der Waals surface area contributed by atoms with Gasteiger partial charge in [-0.2, -0.15) is 0 Å². The summed E-state index contributed by atoms with van der Waals surface area (Å²) in [7, 11) is 1.40. The first-order valence-electron chi connectivity index (χ1n) is 18.4. The van der Waals surface area contributed by atoms with Crippen LogP contribution in [0.4, 0.5) is 0 Å². The maximum atomic E-state index is 14.3. The molecule has 3 aliphatic heterocycles. The van der Waals surface area contributed by atoms with E-state index < -0.39 is 119 Å². The van der Waals surface area contributed by atoms with Crippen LogP contribution in [0.2, 0.25) is 0 Å². The van der Waals surface area contributed by atoms with Gasteiger partial charge in [-0.3, -0.25) is 29.0 Å². The molecule has 1 aromatic rings. The zero-order valence-corrected chi connectivity index (χ0v) is 32.6. The Labute approximate surface area is 326 Å². The number of cyclic esters (lactones) is 1. The van der Waals surface area contributed by atoms with Gasteiger partial charge in [-0.1, -0.05) is 13.8 Å². The topological polar surface area (TPSA) is 261 Å². The smallest absolute Gasteiger partial charge is 0.340 e. The summed E-state index contributed by atoms with van der Waals surface area (Å²) in [5.41, 5.74) is -11.0. The number of rotatable bonds is 5. The SMILES string of the molecule is CC(=O)OC1C2C(OC(C)=O)C34OC2(C)COC(=O)c2cccnc2C(C)C(C)C(=O)OC(C(OC(=O)C2=CN(C)C(=O)CC2)C(O)C3(OC(C)=O)C1O)C4(C)O. The molecule has 4 bridgehead atoms. The predicted molar refractivity (Wildman–Crippen MR) is 186 cm³/mol. The van der Waals surface area contributed by atoms with Gasteiger partial charge in [0.05, 0.1) is 28.7 Å². The highest BCUT2D eigenvalue weighted by atomic mass is 16.7. The third-order valence-corrected chi connectivity index (χ3v) is 12.0. The van der Waals surface area contributed by atoms with Crippen LogP contribution in [0.5, 0.6) is 0 Å². The highest BCUT2D eigenvalue weighted by Gasteiger charge is 2.92. The minimum atomic E-state index is -3.10. The molecule has 1 spiro atoms. The molecule has 57 heavy (non-hydrogen) atoms. The Morgan fingerprint density at radius 2 is 1.56 bits per heavy atom. The molecule has 2 saturated carbocycles. The van der Waals surface area contributed by atoms with E-state index in [2.05, 4.69) is 4.98 Å². The minimum Gasteiger partial charge on any atom is -0.459 e. The number of aliphatic hydroxyl groups excluding tert-OH is 2. The average Bonchev–Trinajstić information content (AvgIpc) is 3.36. The fourth-order valence-corrected chi connectivity index (χ4v) is 9.26. The molecular formula is C38H46N2O17. The number of hydrogen-bond acceptors (Lipinski definition) is 18. The number of hydrogen-bond donors (Lipinski definition) is 3. The molecule has 19 heteroatoms. The van der Waals surface area contributed by atoms with Crippen molar-refractivity contribution in [3.63, 3.8) is 0 Å². The van der Waals surface area contributed by atoms with E-state index in [0.717, 1.165) is 32.6 Å². The Balaban J connectivity index is 1.67. The molecule has 2 aliphatic carbocycles. The second-order valence-corrected chi connectivity index (χ2v) is 15.7. The molecule has 3 fully saturated rings. The van der Waals surface area contributed by atoms with Crippen LogP contribution < -0.4 is 0 Å². The van der Waals surface area contributed by atoms with Crippen LogP contribution in [0.25, 0.3) is 0 Å². The first kappa shape index (κ1) is 41.6. The zero-order valence-electron chi connectivity index (χ0n) is 32.6. The summed E-state index contributed by atoms with van der Waals surface area (Å²) in [6, 6.07) is 2.88. The van der Waals surface area contributed by atoms with Gasteiger partial charge < -0.3 is 53.4 Å². The standard InChI is InChI=1S/C38H46N2O17/c1-16-17(2)32(47)55-31-27(54-33(48)21-11-12-23(44)40(8)14-21)29(46)37(56-20(5)43)28(45)26(52-18(3)41)24-30(53-19(4)42)38(37,36(31,7)50)57-35(24,6)15-51-34(49)22-10-9-13-39-25(16)22/h9-10,13-14,16-17,24,26-31,45-46,50H,11-12,15H2,1-8H3. The lowest BCUT2D eigenvalue weighted by Crippen LogP contribution is -2.91. The lowest BCUT2D eigenvalue weighted by atomic mass is 9.50. The molecule has 1 amide bonds. The molecule has 6 rings (SSSR count). The molecule has 13 unspecified atom stereocenters. The summed E-state index contributed by atoms with van der Waals surface area (Å²) in [5, 5.41) is 38.5. The van der Waals surface area contributed by atoms with Crippen LogP contribution in [-0.4, -0.2) is 140 Å². The summed E-state index contributed by atoms with van der Waals surface area (Å²) in [6.07, 6.45) is -10.9. The normalized spacial score (nSPS) is 40.1. The molecular weight excluding hydrogens is 756 g/mol. The monoisotopic (exact) mass is 802 g/mol. The molecule has 5 aliphatic rings. The second kappa shape index (κ2) is 14.4. The van der Waals surface area contributed by atoms with E-state index in [0.29, 0.717) is 0 Å². The van der Waals surface area contributed by atoms with Crippen molar-refractivity contribution in [1.29, 1.82) is 0 Å². The molecule has 13 atom stereocenters. The van der Waals surface area contributed by atoms with E-state index in [1.807, 2.05) is 0 Å². The number of aromatic nitrogens is 1. The molecule has 19 nitrogen and oxygen atoms in total. The molecule has 0 aromatic carbocycles. The lowest BCUT2D eigenvalue weighted by Gasteiger charge is -2.66. The van der Waals surface area contributed by atoms with E-state index in [4.69, 9.17) is 33.2 Å². The van der Waals surface area contributed by atoms with Gasteiger partial charge in [-0.15, -0.1) is 0 Å². The Morgan fingerprint density at radius 3 is 2.18 bits per heavy atom. The van der Waals surface area contributed by atoms with Crippen molar-refractivity contribution in [2.45, 2.75) is 126 Å². The highest BCUT2D eigenvalue weighted by Crippen LogP contribution is 2.66. The van der Waals surface area contributed by atoms with Crippen molar-refractivity contribution in [2.24, 2.45) is 11.8 Å². The second-order valence-electron chi connectivity index (χ2n) is 15.7. The van der Waals surface area contributed by atoms with Gasteiger partial charge in [0.25, 0.3) is 0 Å². The number of esters is 6. The minimum absolute atomic E-state index is 0.0505. The summed E-state index contributed by atoms with van der Waals surface area (Å²) < 4.78 is 41.9. The van der Waals surface area contributed by atoms with Gasteiger partial charge in [0.2, 0.25) is 11.5 Å². The Morgan fingerprint density at radius 1 is 0.912 bits per heavy atom. The summed E-state index contributed by atoms with van der Waals surface area (Å²) in [4.78, 5) is 98.9. The predicted octanol–water partition coefficient (Wildman–Crippen LogP) is -0.239. The molecule has 0 radical (unpaired) electrons. The van der Waals surface area contributed by atoms with Crippen LogP contribution in [0.1, 0.15) is 83.3 Å². The number of pyridine rings is 1. The highest BCUT2D eigenvalue weighted by molar-refractivity contribution is 5.92. The Hall–Kier alpha value is -4.98. The van der Waals surface area contributed by atoms with Crippen molar-refractivity contribution >= 4 is 41.7 Å². The van der Waals surface area contributed by atoms with Gasteiger partial charge in [-0.05, 0) is 32.4 Å². The van der Waals surface area contributed by atoms with Crippen LogP contribution in [0, 0.1) is 11.8 Å². The number of fused-ring (bicyclic) bond motifs is 5. The quantitative estimate of drug-likeness (QED) is 0.256. The maximum Gasteiger partial charge on any atom is 0.340 e. The third-order valence-electron chi connectivity index (χ3n) is 12.0. The van der Waals surface area contributed by atoms with Gasteiger partial charge in [-0.25, -0.2) is 9.59 Å². The Kier molecular flexibility index (Phi) is 10.6. The lowest BCUT2D eigenvalue weighted by molar-refractivity contribution is -0.397. The first-order valence-corrected chi connectivity index (χ1v) is 18.4. The molecule has 1 aromatic heterocycles. The summed E-state index contributed by atoms with van der Waals surface area (Å²) in [6.45, 7) is 7.45. The van der Waals surface area contributed by atoms with Crippen LogP contribution in [-0.2, 0) is 61.9 Å². The number of carbonyl (C=O) groups excluding carboxylic acids is 7. The van der Waals surface area contributed by atoms with Crippen LogP contribution >= 0.6 is 0 Å². The van der Waals surface area contributed by atoms with Crippen molar-refractivity contribution < 1.29 is 82.0 Å². The molecule has 3 N–H and O–H groups in total. The van der Waals surface area contributed by atoms with Crippen molar-refractivity contribution in [3.05, 3.63) is 41.4 Å². The van der Waals surface area contributed by atoms with E-state index in [9.17, 15) is 48.9 Å². The number of carbonyl (C=O) groups is 7. The van der Waals surface area contributed by atoms with E-state index in [1.54, 1.807) is 6.92 Å². The zero-order chi connectivity index (χ0) is 42.2. The summed E-state index contributed by atoms with van der Waals surface area (Å²) >= 11 is 0. The Bertz CT molecular complexity index is 1930. The number of ether oxygens (including phenoxy) is 7. The van der Waals surface area contributed by atoms with Gasteiger partial charge in [0.1, 0.15) is 42.2 Å². The molecule has 4 heterocycles. The first-order chi connectivity index (χ1) is 26.5. The van der Waals surface area contributed by atoms with Crippen molar-refractivity contribution in [1.82, 2.24) is 9.88 Å². The number of nitrogens with zero attached hydrogens (tertiary/aromatic N) is 2. The van der Waals surface area contributed by atoms with Crippen molar-refractivity contribution in [3.8, 4) is 0 Å². The molecule has 1 saturated heterocycles. The summed E-state index contributed by atoms with van der Waals surface area (Å²) in [5.74, 6) is -10.4. The van der Waals surface area contributed by atoms with Gasteiger partial charge in [0.15, 0.2) is 17.8 Å². The fourth-order valence-electron chi connectivity index (χ4n) is 9.26. The number of amides is 1. The van der Waals surface area contributed by atoms with Gasteiger partial charge >= 0.3 is 35.8 Å². The van der Waals surface area contributed by atoms with E-state index >= 15 is 0 Å². The fraction of sp³-hybridized carbons (Fsp3) is 0.632. The number of aliphatic hydroxyl groups is 3. The van der Waals surface area contributed by atoms with E-state index in [-0.39, 0.29) is 35.6 Å². The van der Waals surface area contributed by atoms with E-state index in [1.165, 1.54) is 45.4 Å².